The summed E-state index contributed by atoms with van der Waals surface area (Å²) in [7, 11) is 0. The largest absolute Gasteiger partial charge is 0.388 e. The smallest absolute Gasteiger partial charge is 0.160 e. The molecule has 3 heteroatoms. The molecule has 1 unspecified atom stereocenters. The van der Waals surface area contributed by atoms with Crippen molar-refractivity contribution in [3.63, 3.8) is 0 Å². The number of carbonyl (C=O) groups excluding carboxylic acids is 1. The number of thiophene rings is 1. The van der Waals surface area contributed by atoms with Crippen molar-refractivity contribution >= 4 is 17.6 Å². The first-order chi connectivity index (χ1) is 5.81. The van der Waals surface area contributed by atoms with Crippen LogP contribution in [0, 0.1) is 0 Å². The molecule has 1 heterocycles. The first-order valence-electron chi connectivity index (χ1n) is 4.07. The molecule has 1 N–H and O–H groups in total. The maximum Gasteiger partial charge on any atom is 0.160 e. The predicted molar refractivity (Wildman–Crippen MR) is 47.6 cm³/mol. The van der Waals surface area contributed by atoms with Gasteiger partial charge in [0.25, 0.3) is 0 Å². The van der Waals surface area contributed by atoms with Crippen molar-refractivity contribution in [2.45, 2.75) is 25.4 Å². The summed E-state index contributed by atoms with van der Waals surface area (Å²) >= 11 is 1.51. The Morgan fingerprint density at radius 3 is 3.17 bits per heavy atom. The van der Waals surface area contributed by atoms with E-state index in [1.54, 1.807) is 0 Å². The molecule has 1 aliphatic carbocycles. The molecule has 0 aliphatic heterocycles. The summed E-state index contributed by atoms with van der Waals surface area (Å²) in [4.78, 5) is 12.4. The lowest BCUT2D eigenvalue weighted by Gasteiger charge is -2.16. The van der Waals surface area contributed by atoms with Crippen LogP contribution in [0.4, 0.5) is 0 Å². The summed E-state index contributed by atoms with van der Waals surface area (Å²) in [5.74, 6) is 0. The lowest BCUT2D eigenvalue weighted by Crippen LogP contribution is -2.05. The molecule has 1 aromatic heterocycles. The van der Waals surface area contributed by atoms with Gasteiger partial charge in [0.1, 0.15) is 0 Å². The van der Waals surface area contributed by atoms with E-state index in [-0.39, 0.29) is 6.10 Å². The summed E-state index contributed by atoms with van der Waals surface area (Å²) < 4.78 is 0. The maximum absolute atomic E-state index is 10.5. The van der Waals surface area contributed by atoms with Gasteiger partial charge in [-0.15, -0.1) is 11.3 Å². The van der Waals surface area contributed by atoms with E-state index in [9.17, 15) is 9.90 Å². The summed E-state index contributed by atoms with van der Waals surface area (Å²) in [5.41, 5.74) is 0.980. The number of aliphatic hydroxyl groups is 1. The van der Waals surface area contributed by atoms with Crippen LogP contribution in [0.25, 0.3) is 0 Å². The van der Waals surface area contributed by atoms with Gasteiger partial charge in [0.05, 0.1) is 11.0 Å². The maximum atomic E-state index is 10.5. The normalized spacial score (nSPS) is 21.9. The van der Waals surface area contributed by atoms with Gasteiger partial charge in [-0.2, -0.15) is 0 Å². The minimum atomic E-state index is -0.335. The molecule has 12 heavy (non-hydrogen) atoms. The van der Waals surface area contributed by atoms with Crippen LogP contribution >= 0.6 is 11.3 Å². The zero-order valence-corrected chi connectivity index (χ0v) is 7.43. The van der Waals surface area contributed by atoms with Crippen LogP contribution in [0.3, 0.4) is 0 Å². The highest BCUT2D eigenvalue weighted by atomic mass is 32.1. The van der Waals surface area contributed by atoms with E-state index in [0.717, 1.165) is 36.0 Å². The molecule has 0 saturated heterocycles. The molecule has 1 aromatic rings. The number of aliphatic hydroxyl groups excluding tert-OH is 1. The van der Waals surface area contributed by atoms with E-state index in [1.807, 2.05) is 6.07 Å². The fourth-order valence-electron chi connectivity index (χ4n) is 1.61. The monoisotopic (exact) mass is 182 g/mol. The number of carbonyl (C=O) groups is 1. The summed E-state index contributed by atoms with van der Waals surface area (Å²) in [6.07, 6.45) is 3.41. The number of aldehydes is 1. The van der Waals surface area contributed by atoms with E-state index < -0.39 is 0 Å². The summed E-state index contributed by atoms with van der Waals surface area (Å²) in [6.45, 7) is 0. The van der Waals surface area contributed by atoms with Crippen molar-refractivity contribution in [2.75, 3.05) is 0 Å². The fraction of sp³-hybridized carbons (Fsp3) is 0.444. The average molecular weight is 182 g/mol. The zero-order valence-electron chi connectivity index (χ0n) is 6.62. The van der Waals surface area contributed by atoms with E-state index in [4.69, 9.17) is 0 Å². The second kappa shape index (κ2) is 2.99. The molecule has 0 aromatic carbocycles. The Morgan fingerprint density at radius 2 is 2.50 bits per heavy atom. The highest BCUT2D eigenvalue weighted by Gasteiger charge is 2.20. The number of rotatable bonds is 1. The van der Waals surface area contributed by atoms with Crippen LogP contribution in [-0.2, 0) is 6.42 Å². The number of fused-ring (bicyclic) bond motifs is 1. The molecule has 0 amide bonds. The molecule has 0 radical (unpaired) electrons. The van der Waals surface area contributed by atoms with Crippen molar-refractivity contribution in [3.8, 4) is 0 Å². The SMILES string of the molecule is O=Cc1cc2c(s1)CCCC2O. The van der Waals surface area contributed by atoms with Crippen LogP contribution in [0.15, 0.2) is 6.07 Å². The first kappa shape index (κ1) is 7.95. The molecule has 0 bridgehead atoms. The third kappa shape index (κ3) is 1.19. The van der Waals surface area contributed by atoms with Crippen LogP contribution < -0.4 is 0 Å². The Bertz CT molecular complexity index is 303. The third-order valence-corrected chi connectivity index (χ3v) is 3.35. The van der Waals surface area contributed by atoms with E-state index >= 15 is 0 Å². The Kier molecular flexibility index (Phi) is 1.98. The molecule has 1 atom stereocenters. The molecule has 0 spiro atoms. The summed E-state index contributed by atoms with van der Waals surface area (Å²) in [5, 5.41) is 9.56. The Hall–Kier alpha value is -0.670. The van der Waals surface area contributed by atoms with Crippen molar-refractivity contribution < 1.29 is 9.90 Å². The lowest BCUT2D eigenvalue weighted by molar-refractivity contribution is 0.112. The summed E-state index contributed by atoms with van der Waals surface area (Å²) in [6, 6.07) is 1.82. The predicted octanol–water partition coefficient (Wildman–Crippen LogP) is 1.93. The minimum Gasteiger partial charge on any atom is -0.388 e. The van der Waals surface area contributed by atoms with Gasteiger partial charge in [-0.25, -0.2) is 0 Å². The Morgan fingerprint density at radius 1 is 1.67 bits per heavy atom. The molecule has 1 aliphatic rings. The topological polar surface area (TPSA) is 37.3 Å². The van der Waals surface area contributed by atoms with E-state index in [2.05, 4.69) is 0 Å². The molecular formula is C9H10O2S. The van der Waals surface area contributed by atoms with Crippen LogP contribution in [0.5, 0.6) is 0 Å². The second-order valence-corrected chi connectivity index (χ2v) is 4.22. The van der Waals surface area contributed by atoms with Crippen molar-refractivity contribution in [1.29, 1.82) is 0 Å². The van der Waals surface area contributed by atoms with Gasteiger partial charge < -0.3 is 5.11 Å². The van der Waals surface area contributed by atoms with Crippen molar-refractivity contribution in [2.24, 2.45) is 0 Å². The van der Waals surface area contributed by atoms with Crippen LogP contribution in [-0.4, -0.2) is 11.4 Å². The standard InChI is InChI=1S/C9H10O2S/c10-5-6-4-7-8(11)2-1-3-9(7)12-6/h4-5,8,11H,1-3H2. The minimum absolute atomic E-state index is 0.335. The molecule has 0 saturated carbocycles. The molecule has 0 fully saturated rings. The molecule has 64 valence electrons. The number of aryl methyl sites for hydroxylation is 1. The highest BCUT2D eigenvalue weighted by Crippen LogP contribution is 2.34. The first-order valence-corrected chi connectivity index (χ1v) is 4.89. The Balaban J connectivity index is 2.43. The van der Waals surface area contributed by atoms with Gasteiger partial charge in [0.15, 0.2) is 6.29 Å². The zero-order chi connectivity index (χ0) is 8.55. The van der Waals surface area contributed by atoms with Gasteiger partial charge >= 0.3 is 0 Å². The highest BCUT2D eigenvalue weighted by molar-refractivity contribution is 7.13. The molecule has 2 rings (SSSR count). The van der Waals surface area contributed by atoms with E-state index in [0.29, 0.717) is 0 Å². The van der Waals surface area contributed by atoms with E-state index in [1.165, 1.54) is 16.2 Å². The third-order valence-electron chi connectivity index (χ3n) is 2.22. The Labute approximate surface area is 74.8 Å². The van der Waals surface area contributed by atoms with Crippen LogP contribution in [0.1, 0.15) is 39.1 Å². The van der Waals surface area contributed by atoms with Gasteiger partial charge in [0, 0.05) is 4.88 Å². The second-order valence-electron chi connectivity index (χ2n) is 3.05. The fourth-order valence-corrected chi connectivity index (χ4v) is 2.69. The van der Waals surface area contributed by atoms with Crippen molar-refractivity contribution in [3.05, 3.63) is 21.4 Å². The van der Waals surface area contributed by atoms with Gasteiger partial charge in [0.2, 0.25) is 0 Å². The van der Waals surface area contributed by atoms with Gasteiger partial charge in [-0.3, -0.25) is 4.79 Å². The number of hydrogen-bond donors (Lipinski definition) is 1. The van der Waals surface area contributed by atoms with Crippen LogP contribution in [0.2, 0.25) is 0 Å². The lowest BCUT2D eigenvalue weighted by atomic mass is 9.96. The van der Waals surface area contributed by atoms with Gasteiger partial charge in [-0.1, -0.05) is 0 Å². The van der Waals surface area contributed by atoms with Gasteiger partial charge in [-0.05, 0) is 30.9 Å². The molecular weight excluding hydrogens is 172 g/mol. The quantitative estimate of drug-likeness (QED) is 0.674. The van der Waals surface area contributed by atoms with Crippen molar-refractivity contribution in [1.82, 2.24) is 0 Å². The number of hydrogen-bond acceptors (Lipinski definition) is 3. The molecule has 2 nitrogen and oxygen atoms in total. The average Bonchev–Trinajstić information content (AvgIpc) is 2.49.